The fourth-order valence-electron chi connectivity index (χ4n) is 1.24. The van der Waals surface area contributed by atoms with E-state index >= 15 is 0 Å². The maximum atomic E-state index is 11.1. The summed E-state index contributed by atoms with van der Waals surface area (Å²) in [4.78, 5) is 11.1. The summed E-state index contributed by atoms with van der Waals surface area (Å²) in [6.07, 6.45) is 3.73. The van der Waals surface area contributed by atoms with E-state index in [1.54, 1.807) is 6.92 Å². The van der Waals surface area contributed by atoms with Crippen LogP contribution in [0.25, 0.3) is 0 Å². The molecule has 0 aromatic rings. The van der Waals surface area contributed by atoms with Crippen molar-refractivity contribution in [3.8, 4) is 0 Å². The van der Waals surface area contributed by atoms with E-state index in [1.807, 2.05) is 0 Å². The topological polar surface area (TPSA) is 17.1 Å². The van der Waals surface area contributed by atoms with Crippen LogP contribution in [0, 0.1) is 0 Å². The summed E-state index contributed by atoms with van der Waals surface area (Å²) in [6, 6.07) is 0. The number of rotatable bonds is 0. The Morgan fingerprint density at radius 2 is 2.00 bits per heavy atom. The van der Waals surface area contributed by atoms with Crippen molar-refractivity contribution in [2.45, 2.75) is 32.6 Å². The van der Waals surface area contributed by atoms with Gasteiger partial charge in [-0.3, -0.25) is 4.79 Å². The van der Waals surface area contributed by atoms with Gasteiger partial charge in [0.25, 0.3) is 0 Å². The van der Waals surface area contributed by atoms with E-state index < -0.39 is 0 Å². The molecule has 2 heteroatoms. The van der Waals surface area contributed by atoms with Crippen LogP contribution in [0.5, 0.6) is 0 Å². The first-order valence-corrected chi connectivity index (χ1v) is 3.98. The normalized spacial score (nSPS) is 24.8. The minimum Gasteiger partial charge on any atom is -0.295 e. The lowest BCUT2D eigenvalue weighted by molar-refractivity contribution is -0.116. The zero-order valence-corrected chi connectivity index (χ0v) is 6.87. The van der Waals surface area contributed by atoms with E-state index in [0.717, 1.165) is 24.8 Å². The molecule has 0 unspecified atom stereocenters. The average molecular weight is 159 g/mol. The number of hydrogen-bond donors (Lipinski definition) is 0. The minimum absolute atomic E-state index is 0.249. The van der Waals surface area contributed by atoms with Gasteiger partial charge in [0.05, 0.1) is 0 Å². The van der Waals surface area contributed by atoms with Gasteiger partial charge in [-0.15, -0.1) is 0 Å². The molecule has 1 nitrogen and oxygen atoms in total. The third-order valence-corrected chi connectivity index (χ3v) is 2.06. The number of carbonyl (C=O) groups excluding carboxylic acids is 1. The van der Waals surface area contributed by atoms with E-state index in [-0.39, 0.29) is 5.78 Å². The summed E-state index contributed by atoms with van der Waals surface area (Å²) in [6.45, 7) is 1.79. The van der Waals surface area contributed by atoms with Crippen LogP contribution in [0.1, 0.15) is 32.6 Å². The van der Waals surface area contributed by atoms with Crippen molar-refractivity contribution in [3.63, 3.8) is 0 Å². The number of hydrogen-bond acceptors (Lipinski definition) is 1. The second-order valence-electron chi connectivity index (χ2n) is 2.64. The van der Waals surface area contributed by atoms with Crippen molar-refractivity contribution < 1.29 is 4.79 Å². The second-order valence-corrected chi connectivity index (χ2v) is 3.21. The molecule has 0 aromatic heterocycles. The highest BCUT2D eigenvalue weighted by Gasteiger charge is 2.15. The third-order valence-electron chi connectivity index (χ3n) is 1.83. The van der Waals surface area contributed by atoms with E-state index in [2.05, 4.69) is 0 Å². The maximum Gasteiger partial charge on any atom is 0.160 e. The smallest absolute Gasteiger partial charge is 0.160 e. The zero-order valence-electron chi connectivity index (χ0n) is 6.11. The highest BCUT2D eigenvalue weighted by Crippen LogP contribution is 2.23. The molecule has 1 aliphatic carbocycles. The van der Waals surface area contributed by atoms with Gasteiger partial charge < -0.3 is 0 Å². The molecule has 0 bridgehead atoms. The van der Waals surface area contributed by atoms with Crippen molar-refractivity contribution in [3.05, 3.63) is 10.6 Å². The summed E-state index contributed by atoms with van der Waals surface area (Å²) in [5, 5.41) is 0.685. The summed E-state index contributed by atoms with van der Waals surface area (Å²) in [7, 11) is 0. The summed E-state index contributed by atoms with van der Waals surface area (Å²) < 4.78 is 0. The van der Waals surface area contributed by atoms with Crippen LogP contribution >= 0.6 is 11.6 Å². The molecule has 0 atom stereocenters. The SMILES string of the molecule is C/C(Cl)=C1\CCCCC1=O. The number of Topliss-reactive ketones (excluding diaryl/α,β-unsaturated/α-hetero) is 1. The Morgan fingerprint density at radius 1 is 1.40 bits per heavy atom. The van der Waals surface area contributed by atoms with Crippen LogP contribution in [0.2, 0.25) is 0 Å². The summed E-state index contributed by atoms with van der Waals surface area (Å²) in [5.41, 5.74) is 0.855. The van der Waals surface area contributed by atoms with E-state index in [4.69, 9.17) is 11.6 Å². The lowest BCUT2D eigenvalue weighted by Gasteiger charge is -2.12. The highest BCUT2D eigenvalue weighted by atomic mass is 35.5. The van der Waals surface area contributed by atoms with E-state index in [0.29, 0.717) is 11.5 Å². The van der Waals surface area contributed by atoms with Gasteiger partial charge >= 0.3 is 0 Å². The van der Waals surface area contributed by atoms with Crippen molar-refractivity contribution in [2.24, 2.45) is 0 Å². The Balaban J connectivity index is 2.75. The van der Waals surface area contributed by atoms with Crippen molar-refractivity contribution in [2.75, 3.05) is 0 Å². The molecule has 1 rings (SSSR count). The molecule has 1 saturated carbocycles. The molecular weight excluding hydrogens is 148 g/mol. The molecule has 1 fully saturated rings. The fourth-order valence-corrected chi connectivity index (χ4v) is 1.44. The Bertz CT molecular complexity index is 178. The Labute approximate surface area is 66.1 Å². The maximum absolute atomic E-state index is 11.1. The highest BCUT2D eigenvalue weighted by molar-refractivity contribution is 6.31. The molecule has 1 aliphatic rings. The van der Waals surface area contributed by atoms with Crippen molar-refractivity contribution in [1.29, 1.82) is 0 Å². The molecule has 0 heterocycles. The Kier molecular flexibility index (Phi) is 2.50. The third kappa shape index (κ3) is 1.60. The first-order valence-electron chi connectivity index (χ1n) is 3.60. The predicted molar refractivity (Wildman–Crippen MR) is 42.0 cm³/mol. The van der Waals surface area contributed by atoms with Gasteiger partial charge in [0.1, 0.15) is 0 Å². The second kappa shape index (κ2) is 3.20. The molecule has 0 aromatic carbocycles. The monoisotopic (exact) mass is 158 g/mol. The summed E-state index contributed by atoms with van der Waals surface area (Å²) in [5.74, 6) is 0.249. The average Bonchev–Trinajstić information content (AvgIpc) is 1.88. The van der Waals surface area contributed by atoms with Crippen molar-refractivity contribution in [1.82, 2.24) is 0 Å². The van der Waals surface area contributed by atoms with Gasteiger partial charge in [-0.1, -0.05) is 11.6 Å². The largest absolute Gasteiger partial charge is 0.295 e. The Hall–Kier alpha value is -0.300. The van der Waals surface area contributed by atoms with E-state index in [1.165, 1.54) is 0 Å². The summed E-state index contributed by atoms with van der Waals surface area (Å²) >= 11 is 5.71. The molecule has 0 aliphatic heterocycles. The van der Waals surface area contributed by atoms with Crippen LogP contribution in [0.3, 0.4) is 0 Å². The molecule has 0 amide bonds. The van der Waals surface area contributed by atoms with Gasteiger partial charge in [-0.25, -0.2) is 0 Å². The van der Waals surface area contributed by atoms with Gasteiger partial charge in [-0.05, 0) is 26.2 Å². The van der Waals surface area contributed by atoms with E-state index in [9.17, 15) is 4.79 Å². The Morgan fingerprint density at radius 3 is 2.40 bits per heavy atom. The van der Waals surface area contributed by atoms with Gasteiger partial charge in [0, 0.05) is 17.0 Å². The number of halogens is 1. The van der Waals surface area contributed by atoms with Crippen LogP contribution in [0.4, 0.5) is 0 Å². The first-order chi connectivity index (χ1) is 4.72. The van der Waals surface area contributed by atoms with Gasteiger partial charge in [0.2, 0.25) is 0 Å². The fraction of sp³-hybridized carbons (Fsp3) is 0.625. The lowest BCUT2D eigenvalue weighted by atomic mass is 9.93. The quantitative estimate of drug-likeness (QED) is 0.496. The molecule has 0 spiro atoms. The predicted octanol–water partition coefficient (Wildman–Crippen LogP) is 2.64. The number of carbonyl (C=O) groups is 1. The molecule has 0 saturated heterocycles. The number of ketones is 1. The van der Waals surface area contributed by atoms with Gasteiger partial charge in [-0.2, -0.15) is 0 Å². The lowest BCUT2D eigenvalue weighted by Crippen LogP contribution is -2.08. The molecular formula is C8H11ClO. The van der Waals surface area contributed by atoms with Crippen LogP contribution in [-0.4, -0.2) is 5.78 Å². The standard InChI is InChI=1S/C8H11ClO/c1-6(9)7-4-2-3-5-8(7)10/h2-5H2,1H3/b7-6-. The first kappa shape index (κ1) is 7.80. The van der Waals surface area contributed by atoms with Crippen LogP contribution in [-0.2, 0) is 4.79 Å². The van der Waals surface area contributed by atoms with Crippen LogP contribution in [0.15, 0.2) is 10.6 Å². The molecule has 10 heavy (non-hydrogen) atoms. The van der Waals surface area contributed by atoms with Crippen LogP contribution < -0.4 is 0 Å². The minimum atomic E-state index is 0.249. The molecule has 0 N–H and O–H groups in total. The van der Waals surface area contributed by atoms with Crippen molar-refractivity contribution >= 4 is 17.4 Å². The van der Waals surface area contributed by atoms with Gasteiger partial charge in [0.15, 0.2) is 5.78 Å². The molecule has 0 radical (unpaired) electrons. The number of allylic oxidation sites excluding steroid dienone is 2. The molecule has 56 valence electrons. The zero-order chi connectivity index (χ0) is 7.56.